The summed E-state index contributed by atoms with van der Waals surface area (Å²) in [5.41, 5.74) is 7.48. The molecule has 3 heterocycles. The van der Waals surface area contributed by atoms with Crippen molar-refractivity contribution in [2.24, 2.45) is 11.8 Å². The van der Waals surface area contributed by atoms with Gasteiger partial charge in [0.25, 0.3) is 0 Å². The summed E-state index contributed by atoms with van der Waals surface area (Å²) in [5.74, 6) is -1.69. The monoisotopic (exact) mass is 551 g/mol. The summed E-state index contributed by atoms with van der Waals surface area (Å²) in [6, 6.07) is 9.65. The SMILES string of the molecule is CC(c1ccnc(N)c1)N1CCC(C(=O)N2CCC(C(NC(=O)C(F)(F)F)c3ccc(Cl)cc3)CC2)CC1. The van der Waals surface area contributed by atoms with Gasteiger partial charge in [-0.25, -0.2) is 4.98 Å². The van der Waals surface area contributed by atoms with Crippen LogP contribution in [0.2, 0.25) is 5.02 Å². The number of amides is 2. The second kappa shape index (κ2) is 11.9. The summed E-state index contributed by atoms with van der Waals surface area (Å²) in [4.78, 5) is 33.3. The van der Waals surface area contributed by atoms with E-state index >= 15 is 0 Å². The van der Waals surface area contributed by atoms with Crippen molar-refractivity contribution in [3.05, 3.63) is 58.7 Å². The van der Waals surface area contributed by atoms with Crippen molar-refractivity contribution in [2.45, 2.75) is 50.9 Å². The lowest BCUT2D eigenvalue weighted by atomic mass is 9.84. The van der Waals surface area contributed by atoms with Gasteiger partial charge in [0.2, 0.25) is 5.91 Å². The van der Waals surface area contributed by atoms with Crippen LogP contribution in [0, 0.1) is 11.8 Å². The van der Waals surface area contributed by atoms with Crippen LogP contribution < -0.4 is 11.1 Å². The third-order valence-corrected chi connectivity index (χ3v) is 8.06. The fourth-order valence-corrected chi connectivity index (χ4v) is 5.67. The second-order valence-corrected chi connectivity index (χ2v) is 10.6. The zero-order valence-corrected chi connectivity index (χ0v) is 22.0. The number of nitrogens with two attached hydrogens (primary N) is 1. The van der Waals surface area contributed by atoms with E-state index < -0.39 is 18.1 Å². The van der Waals surface area contributed by atoms with Crippen LogP contribution in [-0.4, -0.2) is 59.0 Å². The van der Waals surface area contributed by atoms with Gasteiger partial charge < -0.3 is 16.0 Å². The molecule has 2 unspecified atom stereocenters. The van der Waals surface area contributed by atoms with Gasteiger partial charge in [-0.15, -0.1) is 0 Å². The highest BCUT2D eigenvalue weighted by Gasteiger charge is 2.42. The van der Waals surface area contributed by atoms with Crippen LogP contribution in [0.15, 0.2) is 42.6 Å². The predicted molar refractivity (Wildman–Crippen MR) is 139 cm³/mol. The number of aromatic nitrogens is 1. The number of halogens is 4. The molecule has 0 spiro atoms. The molecule has 0 saturated carbocycles. The molecule has 2 fully saturated rings. The molecule has 2 atom stereocenters. The van der Waals surface area contributed by atoms with Crippen molar-refractivity contribution < 1.29 is 22.8 Å². The van der Waals surface area contributed by atoms with Crippen LogP contribution in [0.3, 0.4) is 0 Å². The smallest absolute Gasteiger partial charge is 0.384 e. The molecule has 206 valence electrons. The van der Waals surface area contributed by atoms with Gasteiger partial charge in [0.15, 0.2) is 0 Å². The van der Waals surface area contributed by atoms with Crippen LogP contribution >= 0.6 is 11.6 Å². The highest BCUT2D eigenvalue weighted by atomic mass is 35.5. The number of piperidine rings is 2. The topological polar surface area (TPSA) is 91.6 Å². The zero-order valence-electron chi connectivity index (χ0n) is 21.3. The molecule has 3 N–H and O–H groups in total. The van der Waals surface area contributed by atoms with E-state index in [4.69, 9.17) is 17.3 Å². The van der Waals surface area contributed by atoms with Crippen molar-refractivity contribution in [1.82, 2.24) is 20.1 Å². The maximum absolute atomic E-state index is 13.3. The molecule has 2 aliphatic rings. The Kier molecular flexibility index (Phi) is 8.82. The lowest BCUT2D eigenvalue weighted by Crippen LogP contribution is -2.48. The summed E-state index contributed by atoms with van der Waals surface area (Å²) in [7, 11) is 0. The van der Waals surface area contributed by atoms with Gasteiger partial charge in [-0.2, -0.15) is 13.2 Å². The molecule has 0 bridgehead atoms. The molecule has 2 aliphatic heterocycles. The summed E-state index contributed by atoms with van der Waals surface area (Å²) in [6.07, 6.45) is -0.782. The molecule has 0 radical (unpaired) electrons. The Morgan fingerprint density at radius 2 is 1.66 bits per heavy atom. The Bertz CT molecular complexity index is 1110. The zero-order chi connectivity index (χ0) is 27.4. The Morgan fingerprint density at radius 1 is 1.03 bits per heavy atom. The first-order valence-electron chi connectivity index (χ1n) is 12.9. The van der Waals surface area contributed by atoms with E-state index in [9.17, 15) is 22.8 Å². The molecule has 1 aromatic carbocycles. The highest BCUT2D eigenvalue weighted by Crippen LogP contribution is 2.34. The first-order valence-corrected chi connectivity index (χ1v) is 13.3. The molecule has 4 rings (SSSR count). The van der Waals surface area contributed by atoms with E-state index in [0.717, 1.165) is 31.5 Å². The number of anilines is 1. The Morgan fingerprint density at radius 3 is 2.24 bits per heavy atom. The third kappa shape index (κ3) is 6.77. The number of nitrogen functional groups attached to an aromatic ring is 1. The number of nitrogens with zero attached hydrogens (tertiary/aromatic N) is 3. The van der Waals surface area contributed by atoms with Crippen LogP contribution in [0.25, 0.3) is 0 Å². The summed E-state index contributed by atoms with van der Waals surface area (Å²) < 4.78 is 39.1. The fraction of sp³-hybridized carbons (Fsp3) is 0.519. The number of hydrogen-bond donors (Lipinski definition) is 2. The molecule has 0 aliphatic carbocycles. The number of likely N-dealkylation sites (tertiary alicyclic amines) is 2. The Labute approximate surface area is 225 Å². The molecule has 38 heavy (non-hydrogen) atoms. The van der Waals surface area contributed by atoms with E-state index in [1.165, 1.54) is 0 Å². The standard InChI is InChI=1S/C27H33ClF3N5O2/c1-17(21-6-11-33-23(32)16-21)35-12-9-20(10-13-35)25(37)36-14-7-19(8-15-36)24(34-26(38)27(29,30)31)18-2-4-22(28)5-3-18/h2-6,11,16-17,19-20,24H,7-10,12-15H2,1H3,(H2,32,33)(H,34,38). The van der Waals surface area contributed by atoms with E-state index in [1.54, 1.807) is 30.5 Å². The van der Waals surface area contributed by atoms with Crippen LogP contribution in [-0.2, 0) is 9.59 Å². The lowest BCUT2D eigenvalue weighted by Gasteiger charge is -2.40. The van der Waals surface area contributed by atoms with Gasteiger partial charge in [0.1, 0.15) is 5.82 Å². The van der Waals surface area contributed by atoms with Crippen molar-refractivity contribution in [3.63, 3.8) is 0 Å². The molecule has 1 aromatic heterocycles. The van der Waals surface area contributed by atoms with E-state index in [0.29, 0.717) is 42.3 Å². The minimum atomic E-state index is -4.97. The van der Waals surface area contributed by atoms with Crippen LogP contribution in [0.4, 0.5) is 19.0 Å². The van der Waals surface area contributed by atoms with Gasteiger partial charge in [0.05, 0.1) is 6.04 Å². The Balaban J connectivity index is 1.33. The van der Waals surface area contributed by atoms with Crippen LogP contribution in [0.1, 0.15) is 55.8 Å². The summed E-state index contributed by atoms with van der Waals surface area (Å²) in [5, 5.41) is 2.63. The number of rotatable bonds is 6. The number of carbonyl (C=O) groups excluding carboxylic acids is 2. The molecule has 7 nitrogen and oxygen atoms in total. The first kappa shape index (κ1) is 28.2. The largest absolute Gasteiger partial charge is 0.471 e. The average Bonchev–Trinajstić information content (AvgIpc) is 2.91. The van der Waals surface area contributed by atoms with Crippen LogP contribution in [0.5, 0.6) is 0 Å². The number of nitrogens with one attached hydrogen (secondary N) is 1. The number of hydrogen-bond acceptors (Lipinski definition) is 5. The summed E-state index contributed by atoms with van der Waals surface area (Å²) >= 11 is 5.95. The van der Waals surface area contributed by atoms with Gasteiger partial charge in [-0.05, 0) is 87.0 Å². The number of benzene rings is 1. The molecule has 2 aromatic rings. The minimum Gasteiger partial charge on any atom is -0.384 e. The second-order valence-electron chi connectivity index (χ2n) is 10.2. The van der Waals surface area contributed by atoms with Gasteiger partial charge >= 0.3 is 12.1 Å². The van der Waals surface area contributed by atoms with Gasteiger partial charge in [-0.1, -0.05) is 23.7 Å². The van der Waals surface area contributed by atoms with Crippen molar-refractivity contribution in [3.8, 4) is 0 Å². The minimum absolute atomic E-state index is 0.0745. The fourth-order valence-electron chi connectivity index (χ4n) is 5.55. The quantitative estimate of drug-likeness (QED) is 0.541. The van der Waals surface area contributed by atoms with Crippen molar-refractivity contribution in [1.29, 1.82) is 0 Å². The lowest BCUT2D eigenvalue weighted by molar-refractivity contribution is -0.175. The van der Waals surface area contributed by atoms with E-state index in [2.05, 4.69) is 22.1 Å². The van der Waals surface area contributed by atoms with Gasteiger partial charge in [0, 0.05) is 36.3 Å². The summed E-state index contributed by atoms with van der Waals surface area (Å²) in [6.45, 7) is 4.60. The van der Waals surface area contributed by atoms with Crippen molar-refractivity contribution >= 4 is 29.2 Å². The normalized spacial score (nSPS) is 19.7. The molecular formula is C27H33ClF3N5O2. The highest BCUT2D eigenvalue weighted by molar-refractivity contribution is 6.30. The van der Waals surface area contributed by atoms with Crippen molar-refractivity contribution in [2.75, 3.05) is 31.9 Å². The number of carbonyl (C=O) groups is 2. The average molecular weight is 552 g/mol. The molecular weight excluding hydrogens is 519 g/mol. The van der Waals surface area contributed by atoms with E-state index in [-0.39, 0.29) is 23.8 Å². The maximum Gasteiger partial charge on any atom is 0.471 e. The first-order chi connectivity index (χ1) is 18.0. The Hall–Kier alpha value is -2.85. The maximum atomic E-state index is 13.3. The predicted octanol–water partition coefficient (Wildman–Crippen LogP) is 4.75. The molecule has 11 heteroatoms. The third-order valence-electron chi connectivity index (χ3n) is 7.81. The molecule has 2 saturated heterocycles. The van der Waals surface area contributed by atoms with E-state index in [1.807, 2.05) is 17.0 Å². The van der Waals surface area contributed by atoms with Gasteiger partial charge in [-0.3, -0.25) is 14.5 Å². The number of pyridine rings is 1. The number of alkyl halides is 3. The molecule has 2 amide bonds.